The number of benzene rings is 4. The highest BCUT2D eigenvalue weighted by molar-refractivity contribution is 7.93. The second-order valence-corrected chi connectivity index (χ2v) is 12.6. The number of oxazole rings is 2. The van der Waals surface area contributed by atoms with Crippen LogP contribution in [0.2, 0.25) is 0 Å². The van der Waals surface area contributed by atoms with Gasteiger partial charge >= 0.3 is 12.0 Å². The van der Waals surface area contributed by atoms with Crippen LogP contribution in [0.5, 0.6) is 0 Å². The average molecular weight is 575 g/mol. The third-order valence-corrected chi connectivity index (χ3v) is 8.79. The summed E-state index contributed by atoms with van der Waals surface area (Å²) in [4.78, 5) is 8.71. The van der Waals surface area contributed by atoms with Crippen molar-refractivity contribution in [1.29, 1.82) is 0 Å². The monoisotopic (exact) mass is 574 g/mol. The van der Waals surface area contributed by atoms with Crippen LogP contribution in [-0.4, -0.2) is 26.8 Å². The predicted molar refractivity (Wildman–Crippen MR) is 151 cm³/mol. The van der Waals surface area contributed by atoms with Crippen molar-refractivity contribution in [3.63, 3.8) is 0 Å². The van der Waals surface area contributed by atoms with Crippen molar-refractivity contribution >= 4 is 54.3 Å². The predicted octanol–water partition coefficient (Wildman–Crippen LogP) is 5.85. The lowest BCUT2D eigenvalue weighted by Gasteiger charge is -2.04. The fourth-order valence-corrected chi connectivity index (χ4v) is 6.28. The summed E-state index contributed by atoms with van der Waals surface area (Å²) in [5, 5.41) is 0. The minimum absolute atomic E-state index is 0.108. The quantitative estimate of drug-likeness (QED) is 0.241. The summed E-state index contributed by atoms with van der Waals surface area (Å²) in [6, 6.07) is 23.2. The fourth-order valence-electron chi connectivity index (χ4n) is 4.21. The molecule has 0 fully saturated rings. The maximum atomic E-state index is 12.8. The summed E-state index contributed by atoms with van der Waals surface area (Å²) >= 11 is 0. The van der Waals surface area contributed by atoms with E-state index in [4.69, 9.17) is 8.83 Å². The molecule has 40 heavy (non-hydrogen) atoms. The van der Waals surface area contributed by atoms with Crippen LogP contribution in [0.4, 0.5) is 12.0 Å². The van der Waals surface area contributed by atoms with Gasteiger partial charge in [0.25, 0.3) is 20.0 Å². The van der Waals surface area contributed by atoms with Crippen LogP contribution in [0.1, 0.15) is 11.1 Å². The van der Waals surface area contributed by atoms with E-state index in [2.05, 4.69) is 19.4 Å². The molecule has 0 atom stereocenters. The molecule has 0 aliphatic carbocycles. The zero-order valence-electron chi connectivity index (χ0n) is 21.2. The Balaban J connectivity index is 1.26. The Kier molecular flexibility index (Phi) is 6.08. The fraction of sp³-hybridized carbons (Fsp3) is 0.0714. The van der Waals surface area contributed by atoms with Crippen molar-refractivity contribution in [2.45, 2.75) is 23.6 Å². The number of fused-ring (bicyclic) bond motifs is 2. The first-order valence-corrected chi connectivity index (χ1v) is 15.0. The lowest BCUT2D eigenvalue weighted by molar-refractivity contribution is 0.589. The molecular formula is C28H22N4O6S2. The first kappa shape index (κ1) is 25.6. The first-order valence-electron chi connectivity index (χ1n) is 12.1. The molecule has 2 N–H and O–H groups in total. The molecule has 10 nitrogen and oxygen atoms in total. The molecule has 6 aromatic rings. The van der Waals surface area contributed by atoms with E-state index in [9.17, 15) is 16.8 Å². The molecule has 12 heteroatoms. The minimum atomic E-state index is -3.88. The van der Waals surface area contributed by atoms with Crippen molar-refractivity contribution in [2.75, 3.05) is 9.44 Å². The van der Waals surface area contributed by atoms with Crippen LogP contribution in [0, 0.1) is 13.8 Å². The molecule has 0 spiro atoms. The molecule has 6 rings (SSSR count). The Morgan fingerprint density at radius 2 is 1.00 bits per heavy atom. The summed E-state index contributed by atoms with van der Waals surface area (Å²) in [5.41, 5.74) is 4.81. The number of nitrogens with zero attached hydrogens (tertiary/aromatic N) is 2. The van der Waals surface area contributed by atoms with Gasteiger partial charge in [0.2, 0.25) is 0 Å². The second-order valence-electron chi connectivity index (χ2n) is 9.25. The Labute approximate surface area is 229 Å². The molecule has 2 aromatic heterocycles. The molecule has 0 saturated carbocycles. The molecule has 202 valence electrons. The van der Waals surface area contributed by atoms with Gasteiger partial charge in [-0.25, -0.2) is 26.3 Å². The van der Waals surface area contributed by atoms with E-state index in [1.54, 1.807) is 74.5 Å². The van der Waals surface area contributed by atoms with E-state index >= 15 is 0 Å². The topological polar surface area (TPSA) is 144 Å². The number of rotatable bonds is 7. The van der Waals surface area contributed by atoms with Gasteiger partial charge in [0.1, 0.15) is 11.0 Å². The molecule has 0 aliphatic heterocycles. The second kappa shape index (κ2) is 9.50. The van der Waals surface area contributed by atoms with Gasteiger partial charge in [0.15, 0.2) is 11.2 Å². The normalized spacial score (nSPS) is 12.2. The van der Waals surface area contributed by atoms with Gasteiger partial charge in [0, 0.05) is 0 Å². The largest absolute Gasteiger partial charge is 0.423 e. The van der Waals surface area contributed by atoms with E-state index < -0.39 is 20.0 Å². The molecule has 0 aliphatic rings. The summed E-state index contributed by atoms with van der Waals surface area (Å²) in [6.45, 7) is 3.61. The zero-order chi connectivity index (χ0) is 28.1. The zero-order valence-corrected chi connectivity index (χ0v) is 22.9. The van der Waals surface area contributed by atoms with Gasteiger partial charge in [-0.05, 0) is 84.6 Å². The minimum Gasteiger partial charge on any atom is -0.423 e. The van der Waals surface area contributed by atoms with E-state index in [0.717, 1.165) is 22.3 Å². The molecule has 0 saturated heterocycles. The lowest BCUT2D eigenvalue weighted by Crippen LogP contribution is -2.13. The lowest BCUT2D eigenvalue weighted by atomic mass is 10.1. The van der Waals surface area contributed by atoms with Crippen molar-refractivity contribution in [2.24, 2.45) is 0 Å². The highest BCUT2D eigenvalue weighted by atomic mass is 32.2. The Morgan fingerprint density at radius 1 is 0.575 bits per heavy atom. The van der Waals surface area contributed by atoms with Gasteiger partial charge in [-0.15, -0.1) is 0 Å². The number of nitrogens with one attached hydrogen (secondary N) is 2. The maximum Gasteiger partial charge on any atom is 0.309 e. The molecule has 4 aromatic carbocycles. The van der Waals surface area contributed by atoms with E-state index in [1.807, 2.05) is 12.1 Å². The van der Waals surface area contributed by atoms with Crippen LogP contribution < -0.4 is 9.44 Å². The Hall–Kier alpha value is -4.68. The van der Waals surface area contributed by atoms with Crippen LogP contribution in [0.3, 0.4) is 0 Å². The van der Waals surface area contributed by atoms with E-state index in [-0.39, 0.29) is 21.8 Å². The highest BCUT2D eigenvalue weighted by Crippen LogP contribution is 2.31. The third-order valence-electron chi connectivity index (χ3n) is 6.15. The molecule has 0 unspecified atom stereocenters. The number of aryl methyl sites for hydroxylation is 2. The average Bonchev–Trinajstić information content (AvgIpc) is 3.49. The van der Waals surface area contributed by atoms with Gasteiger partial charge in [-0.3, -0.25) is 0 Å². The Morgan fingerprint density at radius 3 is 1.40 bits per heavy atom. The van der Waals surface area contributed by atoms with Crippen molar-refractivity contribution in [1.82, 2.24) is 9.97 Å². The molecule has 0 radical (unpaired) electrons. The maximum absolute atomic E-state index is 12.8. The van der Waals surface area contributed by atoms with E-state index in [1.165, 1.54) is 12.1 Å². The van der Waals surface area contributed by atoms with Gasteiger partial charge in [0.05, 0.1) is 9.79 Å². The summed E-state index contributed by atoms with van der Waals surface area (Å²) < 4.78 is 67.2. The number of hydrogen-bond donors (Lipinski definition) is 2. The van der Waals surface area contributed by atoms with Crippen LogP contribution in [0.15, 0.2) is 104 Å². The van der Waals surface area contributed by atoms with Crippen LogP contribution in [-0.2, 0) is 20.0 Å². The van der Waals surface area contributed by atoms with E-state index in [0.29, 0.717) is 22.2 Å². The summed E-state index contributed by atoms with van der Waals surface area (Å²) in [6.07, 6.45) is 0. The van der Waals surface area contributed by atoms with Crippen LogP contribution in [0.25, 0.3) is 33.3 Å². The summed E-state index contributed by atoms with van der Waals surface area (Å²) in [5.74, 6) is 0. The number of aromatic nitrogens is 2. The SMILES string of the molecule is Cc1cccc(S(=O)(=O)Nc2nc3ccc(-c4ccc5nc(NS(=O)(=O)c6cccc(C)c6)oc5c4)cc3o2)c1. The van der Waals surface area contributed by atoms with Gasteiger partial charge in [-0.1, -0.05) is 36.4 Å². The summed E-state index contributed by atoms with van der Waals surface area (Å²) in [7, 11) is -7.75. The number of hydrogen-bond acceptors (Lipinski definition) is 8. The van der Waals surface area contributed by atoms with Crippen molar-refractivity contribution in [3.05, 3.63) is 96.1 Å². The Bertz CT molecular complexity index is 1980. The van der Waals surface area contributed by atoms with Crippen molar-refractivity contribution in [3.8, 4) is 11.1 Å². The number of anilines is 2. The third kappa shape index (κ3) is 5.01. The number of sulfonamides is 2. The van der Waals surface area contributed by atoms with Crippen molar-refractivity contribution < 1.29 is 25.7 Å². The van der Waals surface area contributed by atoms with Crippen LogP contribution >= 0.6 is 0 Å². The standard InChI is InChI=1S/C28H22N4O6S2/c1-17-5-3-7-21(13-17)39(33,34)31-27-29-23-11-9-19(15-25(23)37-27)20-10-12-24-26(16-20)38-28(30-24)32-40(35,36)22-8-4-6-18(2)14-22/h3-16H,1-2H3,(H,29,31)(H,30,32). The molecule has 0 amide bonds. The molecule has 2 heterocycles. The van der Waals surface area contributed by atoms with Gasteiger partial charge in [-0.2, -0.15) is 9.97 Å². The smallest absolute Gasteiger partial charge is 0.309 e. The molecule has 0 bridgehead atoms. The van der Waals surface area contributed by atoms with Gasteiger partial charge < -0.3 is 8.83 Å². The highest BCUT2D eigenvalue weighted by Gasteiger charge is 2.20. The molecular weight excluding hydrogens is 552 g/mol. The first-order chi connectivity index (χ1) is 19.1.